The van der Waals surface area contributed by atoms with Gasteiger partial charge in [0.05, 0.1) is 5.52 Å². The van der Waals surface area contributed by atoms with Crippen molar-refractivity contribution in [2.45, 2.75) is 26.8 Å². The van der Waals surface area contributed by atoms with Gasteiger partial charge in [-0.3, -0.25) is 4.98 Å². The van der Waals surface area contributed by atoms with E-state index in [0.717, 1.165) is 25.0 Å². The van der Waals surface area contributed by atoms with E-state index in [4.69, 9.17) is 0 Å². The molecule has 2 rings (SSSR count). The predicted molar refractivity (Wildman–Crippen MR) is 78.9 cm³/mol. The molecule has 0 bridgehead atoms. The average Bonchev–Trinajstić information content (AvgIpc) is 2.47. The highest BCUT2D eigenvalue weighted by Gasteiger charge is 2.20. The molecule has 1 unspecified atom stereocenters. The zero-order chi connectivity index (χ0) is 13.7. The maximum atomic E-state index is 9.40. The Balaban J connectivity index is 2.06. The summed E-state index contributed by atoms with van der Waals surface area (Å²) in [5.74, 6) is 0. The summed E-state index contributed by atoms with van der Waals surface area (Å²) in [7, 11) is 0. The molecular formula is C16H22N2O. The van der Waals surface area contributed by atoms with E-state index < -0.39 is 0 Å². The Kier molecular flexibility index (Phi) is 4.51. The second-order valence-corrected chi connectivity index (χ2v) is 5.42. The molecule has 1 aromatic heterocycles. The van der Waals surface area contributed by atoms with Crippen molar-refractivity contribution in [1.82, 2.24) is 10.3 Å². The number of hydrogen-bond donors (Lipinski definition) is 2. The maximum absolute atomic E-state index is 9.40. The predicted octanol–water partition coefficient (Wildman–Crippen LogP) is 2.73. The molecule has 0 fully saturated rings. The molecule has 0 radical (unpaired) electrons. The second-order valence-electron chi connectivity index (χ2n) is 5.42. The number of fused-ring (bicyclic) bond motifs is 1. The third-order valence-corrected chi connectivity index (χ3v) is 3.82. The molecule has 1 heterocycles. The van der Waals surface area contributed by atoms with Crippen molar-refractivity contribution < 1.29 is 5.11 Å². The summed E-state index contributed by atoms with van der Waals surface area (Å²) in [6.45, 7) is 6.01. The van der Waals surface area contributed by atoms with Gasteiger partial charge in [0.2, 0.25) is 0 Å². The van der Waals surface area contributed by atoms with Crippen LogP contribution in [-0.2, 0) is 6.54 Å². The zero-order valence-corrected chi connectivity index (χ0v) is 11.7. The fourth-order valence-electron chi connectivity index (χ4n) is 2.10. The Morgan fingerprint density at radius 3 is 2.79 bits per heavy atom. The second kappa shape index (κ2) is 6.13. The van der Waals surface area contributed by atoms with Crippen LogP contribution >= 0.6 is 0 Å². The smallest absolute Gasteiger partial charge is 0.0746 e. The van der Waals surface area contributed by atoms with Crippen molar-refractivity contribution in [3.05, 3.63) is 42.1 Å². The van der Waals surface area contributed by atoms with Crippen LogP contribution in [0.15, 0.2) is 36.5 Å². The first-order valence-electron chi connectivity index (χ1n) is 6.83. The minimum Gasteiger partial charge on any atom is -0.396 e. The molecule has 0 spiro atoms. The van der Waals surface area contributed by atoms with E-state index in [1.54, 1.807) is 0 Å². The Bertz CT molecular complexity index is 530. The van der Waals surface area contributed by atoms with E-state index in [-0.39, 0.29) is 12.0 Å². The third kappa shape index (κ3) is 3.31. The minimum atomic E-state index is -0.0436. The van der Waals surface area contributed by atoms with Crippen molar-refractivity contribution in [3.8, 4) is 0 Å². The van der Waals surface area contributed by atoms with Crippen LogP contribution in [0.5, 0.6) is 0 Å². The molecule has 1 atom stereocenters. The lowest BCUT2D eigenvalue weighted by Gasteiger charge is -2.26. The SMILES string of the molecule is CCC(C)(CO)CNCc1cccc2cccnc12. The number of aromatic nitrogens is 1. The zero-order valence-electron chi connectivity index (χ0n) is 11.7. The van der Waals surface area contributed by atoms with Crippen LogP contribution in [0, 0.1) is 5.41 Å². The highest BCUT2D eigenvalue weighted by molar-refractivity contribution is 5.81. The molecule has 2 aromatic rings. The first-order chi connectivity index (χ1) is 9.18. The summed E-state index contributed by atoms with van der Waals surface area (Å²) in [6, 6.07) is 10.3. The lowest BCUT2D eigenvalue weighted by atomic mass is 9.88. The number of para-hydroxylation sites is 1. The lowest BCUT2D eigenvalue weighted by molar-refractivity contribution is 0.135. The van der Waals surface area contributed by atoms with Gasteiger partial charge in [-0.2, -0.15) is 0 Å². The van der Waals surface area contributed by atoms with Gasteiger partial charge in [-0.15, -0.1) is 0 Å². The van der Waals surface area contributed by atoms with E-state index >= 15 is 0 Å². The molecular weight excluding hydrogens is 236 g/mol. The molecule has 2 N–H and O–H groups in total. The van der Waals surface area contributed by atoms with Gasteiger partial charge in [-0.1, -0.05) is 38.1 Å². The van der Waals surface area contributed by atoms with Crippen LogP contribution in [0.4, 0.5) is 0 Å². The number of aliphatic hydroxyl groups excluding tert-OH is 1. The summed E-state index contributed by atoms with van der Waals surface area (Å²) >= 11 is 0. The van der Waals surface area contributed by atoms with Gasteiger partial charge >= 0.3 is 0 Å². The van der Waals surface area contributed by atoms with E-state index in [2.05, 4.69) is 48.4 Å². The number of benzene rings is 1. The number of rotatable bonds is 6. The summed E-state index contributed by atoms with van der Waals surface area (Å²) in [4.78, 5) is 4.45. The van der Waals surface area contributed by atoms with Gasteiger partial charge in [0.1, 0.15) is 0 Å². The fraction of sp³-hybridized carbons (Fsp3) is 0.438. The van der Waals surface area contributed by atoms with Crippen LogP contribution in [0.25, 0.3) is 10.9 Å². The van der Waals surface area contributed by atoms with Gasteiger partial charge in [-0.25, -0.2) is 0 Å². The Morgan fingerprint density at radius 1 is 1.26 bits per heavy atom. The van der Waals surface area contributed by atoms with E-state index in [0.29, 0.717) is 0 Å². The van der Waals surface area contributed by atoms with Crippen LogP contribution < -0.4 is 5.32 Å². The standard InChI is InChI=1S/C16H22N2O/c1-3-16(2,12-19)11-17-10-14-7-4-6-13-8-5-9-18-15(13)14/h4-9,17,19H,3,10-12H2,1-2H3. The largest absolute Gasteiger partial charge is 0.396 e. The Hall–Kier alpha value is -1.45. The van der Waals surface area contributed by atoms with Gasteiger partial charge < -0.3 is 10.4 Å². The van der Waals surface area contributed by atoms with Crippen molar-refractivity contribution in [2.24, 2.45) is 5.41 Å². The molecule has 0 aliphatic heterocycles. The van der Waals surface area contributed by atoms with Crippen LogP contribution in [0.3, 0.4) is 0 Å². The lowest BCUT2D eigenvalue weighted by Crippen LogP contribution is -2.34. The summed E-state index contributed by atoms with van der Waals surface area (Å²) in [5, 5.41) is 14.0. The van der Waals surface area contributed by atoms with Crippen LogP contribution in [0.2, 0.25) is 0 Å². The average molecular weight is 258 g/mol. The molecule has 19 heavy (non-hydrogen) atoms. The maximum Gasteiger partial charge on any atom is 0.0746 e. The van der Waals surface area contributed by atoms with E-state index in [9.17, 15) is 5.11 Å². The first-order valence-corrected chi connectivity index (χ1v) is 6.83. The van der Waals surface area contributed by atoms with Gasteiger partial charge in [0.25, 0.3) is 0 Å². The van der Waals surface area contributed by atoms with Crippen molar-refractivity contribution in [3.63, 3.8) is 0 Å². The first kappa shape index (κ1) is 14.0. The topological polar surface area (TPSA) is 45.1 Å². The van der Waals surface area contributed by atoms with Gasteiger partial charge in [-0.05, 0) is 18.1 Å². The van der Waals surface area contributed by atoms with Crippen LogP contribution in [-0.4, -0.2) is 23.2 Å². The minimum absolute atomic E-state index is 0.0436. The molecule has 0 saturated heterocycles. The number of pyridine rings is 1. The molecule has 1 aromatic carbocycles. The number of aliphatic hydroxyl groups is 1. The monoisotopic (exact) mass is 258 g/mol. The summed E-state index contributed by atoms with van der Waals surface area (Å²) in [6.07, 6.45) is 2.79. The molecule has 0 aliphatic carbocycles. The number of nitrogens with zero attached hydrogens (tertiary/aromatic N) is 1. The van der Waals surface area contributed by atoms with Gasteiger partial charge in [0, 0.05) is 36.7 Å². The highest BCUT2D eigenvalue weighted by atomic mass is 16.3. The molecule has 102 valence electrons. The third-order valence-electron chi connectivity index (χ3n) is 3.82. The number of hydrogen-bond acceptors (Lipinski definition) is 3. The molecule has 0 amide bonds. The van der Waals surface area contributed by atoms with Crippen molar-refractivity contribution in [2.75, 3.05) is 13.2 Å². The quantitative estimate of drug-likeness (QED) is 0.837. The summed E-state index contributed by atoms with van der Waals surface area (Å²) < 4.78 is 0. The molecule has 3 heteroatoms. The van der Waals surface area contributed by atoms with E-state index in [1.165, 1.54) is 10.9 Å². The molecule has 0 aliphatic rings. The van der Waals surface area contributed by atoms with Crippen molar-refractivity contribution in [1.29, 1.82) is 0 Å². The normalized spacial score (nSPS) is 14.5. The Morgan fingerprint density at radius 2 is 2.05 bits per heavy atom. The Labute approximate surface area is 114 Å². The number of nitrogens with one attached hydrogen (secondary N) is 1. The van der Waals surface area contributed by atoms with Crippen LogP contribution in [0.1, 0.15) is 25.8 Å². The molecule has 0 saturated carbocycles. The van der Waals surface area contributed by atoms with Gasteiger partial charge in [0.15, 0.2) is 0 Å². The fourth-order valence-corrected chi connectivity index (χ4v) is 2.10. The highest BCUT2D eigenvalue weighted by Crippen LogP contribution is 2.19. The van der Waals surface area contributed by atoms with E-state index in [1.807, 2.05) is 12.3 Å². The summed E-state index contributed by atoms with van der Waals surface area (Å²) in [5.41, 5.74) is 2.21. The van der Waals surface area contributed by atoms with Crippen molar-refractivity contribution >= 4 is 10.9 Å². The molecule has 3 nitrogen and oxygen atoms in total.